The van der Waals surface area contributed by atoms with Crippen LogP contribution in [0.3, 0.4) is 0 Å². The minimum atomic E-state index is -0.497. The number of ether oxygens (including phenoxy) is 1. The first kappa shape index (κ1) is 14.0. The third-order valence-electron chi connectivity index (χ3n) is 2.90. The Hall–Kier alpha value is -1.06. The van der Waals surface area contributed by atoms with Crippen LogP contribution in [-0.4, -0.2) is 35.0 Å². The second-order valence-corrected chi connectivity index (χ2v) is 5.90. The second-order valence-electron chi connectivity index (χ2n) is 5.90. The molecule has 0 saturated carbocycles. The molecule has 0 aliphatic carbocycles. The van der Waals surface area contributed by atoms with Crippen LogP contribution in [0, 0.1) is 5.92 Å². The lowest BCUT2D eigenvalue weighted by Gasteiger charge is -2.37. The molecule has 17 heavy (non-hydrogen) atoms. The number of likely N-dealkylation sites (tertiary alicyclic amines) is 1. The number of nitrogens with zero attached hydrogens (tertiary/aromatic N) is 1. The molecule has 1 aliphatic heterocycles. The number of carbonyl (C=O) groups excluding carboxylic acids is 2. The molecular formula is C13H23NO3. The van der Waals surface area contributed by atoms with Crippen molar-refractivity contribution >= 4 is 11.9 Å². The molecule has 4 heteroatoms. The van der Waals surface area contributed by atoms with E-state index in [1.165, 1.54) is 6.92 Å². The van der Waals surface area contributed by atoms with Crippen molar-refractivity contribution in [1.82, 2.24) is 4.90 Å². The molecule has 1 aliphatic rings. The molecule has 4 nitrogen and oxygen atoms in total. The normalized spacial score (nSPS) is 25.6. The first-order valence-corrected chi connectivity index (χ1v) is 6.21. The number of esters is 1. The Morgan fingerprint density at radius 1 is 1.24 bits per heavy atom. The molecule has 1 amide bonds. The zero-order valence-electron chi connectivity index (χ0n) is 11.4. The molecule has 0 aromatic carbocycles. The predicted octanol–water partition coefficient (Wildman–Crippen LogP) is 1.98. The molecular weight excluding hydrogens is 218 g/mol. The summed E-state index contributed by atoms with van der Waals surface area (Å²) in [6.07, 6.45) is 1.67. The summed E-state index contributed by atoms with van der Waals surface area (Å²) in [6.45, 7) is 9.78. The maximum Gasteiger partial charge on any atom is 0.329 e. The Bertz CT molecular complexity index is 306. The standard InChI is InChI=1S/C13H23NO3/c1-9-6-7-11(14(8-9)10(2)15)12(16)17-13(3,4)5/h9,11H,6-8H2,1-5H3/t9-,11-/m0/s1. The Morgan fingerprint density at radius 3 is 2.29 bits per heavy atom. The Balaban J connectivity index is 2.73. The van der Waals surface area contributed by atoms with Crippen LogP contribution < -0.4 is 0 Å². The number of hydrogen-bond acceptors (Lipinski definition) is 3. The topological polar surface area (TPSA) is 46.6 Å². The highest BCUT2D eigenvalue weighted by atomic mass is 16.6. The van der Waals surface area contributed by atoms with Crippen LogP contribution in [0.15, 0.2) is 0 Å². The van der Waals surface area contributed by atoms with E-state index < -0.39 is 11.6 Å². The van der Waals surface area contributed by atoms with Gasteiger partial charge in [0.15, 0.2) is 0 Å². The third-order valence-corrected chi connectivity index (χ3v) is 2.90. The van der Waals surface area contributed by atoms with Crippen molar-refractivity contribution in [3.05, 3.63) is 0 Å². The molecule has 0 N–H and O–H groups in total. The summed E-state index contributed by atoms with van der Waals surface area (Å²) in [5.74, 6) is 0.129. The van der Waals surface area contributed by atoms with E-state index in [0.29, 0.717) is 18.9 Å². The molecule has 2 atom stereocenters. The van der Waals surface area contributed by atoms with Gasteiger partial charge in [0, 0.05) is 13.5 Å². The molecule has 0 unspecified atom stereocenters. The summed E-state index contributed by atoms with van der Waals surface area (Å²) < 4.78 is 5.36. The number of piperidine rings is 1. The van der Waals surface area contributed by atoms with Crippen molar-refractivity contribution in [1.29, 1.82) is 0 Å². The molecule has 0 bridgehead atoms. The highest BCUT2D eigenvalue weighted by Crippen LogP contribution is 2.24. The van der Waals surface area contributed by atoms with E-state index in [1.54, 1.807) is 4.90 Å². The fourth-order valence-electron chi connectivity index (χ4n) is 2.12. The van der Waals surface area contributed by atoms with Gasteiger partial charge in [-0.3, -0.25) is 4.79 Å². The van der Waals surface area contributed by atoms with Gasteiger partial charge in [-0.2, -0.15) is 0 Å². The lowest BCUT2D eigenvalue weighted by molar-refractivity contribution is -0.166. The average Bonchev–Trinajstić information content (AvgIpc) is 2.14. The van der Waals surface area contributed by atoms with Crippen LogP contribution in [0.4, 0.5) is 0 Å². The lowest BCUT2D eigenvalue weighted by atomic mass is 9.94. The largest absolute Gasteiger partial charge is 0.458 e. The van der Waals surface area contributed by atoms with Crippen LogP contribution in [0.1, 0.15) is 47.5 Å². The minimum absolute atomic E-state index is 0.0487. The van der Waals surface area contributed by atoms with Crippen LogP contribution >= 0.6 is 0 Å². The second kappa shape index (κ2) is 5.07. The van der Waals surface area contributed by atoms with Gasteiger partial charge in [0.05, 0.1) is 0 Å². The maximum absolute atomic E-state index is 12.0. The van der Waals surface area contributed by atoms with Crippen molar-refractivity contribution in [3.63, 3.8) is 0 Å². The van der Waals surface area contributed by atoms with Gasteiger partial charge < -0.3 is 9.64 Å². The molecule has 0 spiro atoms. The van der Waals surface area contributed by atoms with Crippen molar-refractivity contribution in [2.45, 2.75) is 59.1 Å². The lowest BCUT2D eigenvalue weighted by Crippen LogP contribution is -2.51. The van der Waals surface area contributed by atoms with Crippen molar-refractivity contribution in [2.75, 3.05) is 6.54 Å². The maximum atomic E-state index is 12.0. The number of rotatable bonds is 1. The number of hydrogen-bond donors (Lipinski definition) is 0. The first-order valence-electron chi connectivity index (χ1n) is 6.21. The highest BCUT2D eigenvalue weighted by molar-refractivity contribution is 5.83. The van der Waals surface area contributed by atoms with E-state index in [1.807, 2.05) is 20.8 Å². The van der Waals surface area contributed by atoms with E-state index in [4.69, 9.17) is 4.74 Å². The van der Waals surface area contributed by atoms with Gasteiger partial charge in [0.25, 0.3) is 0 Å². The SMILES string of the molecule is CC(=O)N1C[C@@H](C)CC[C@H]1C(=O)OC(C)(C)C. The molecule has 0 radical (unpaired) electrons. The molecule has 1 fully saturated rings. The summed E-state index contributed by atoms with van der Waals surface area (Å²) in [5.41, 5.74) is -0.497. The summed E-state index contributed by atoms with van der Waals surface area (Å²) >= 11 is 0. The van der Waals surface area contributed by atoms with E-state index >= 15 is 0 Å². The fraction of sp³-hybridized carbons (Fsp3) is 0.846. The molecule has 0 aromatic heterocycles. The van der Waals surface area contributed by atoms with Crippen LogP contribution in [0.5, 0.6) is 0 Å². The van der Waals surface area contributed by atoms with Crippen molar-refractivity contribution in [2.24, 2.45) is 5.92 Å². The molecule has 1 rings (SSSR count). The van der Waals surface area contributed by atoms with Gasteiger partial charge in [-0.15, -0.1) is 0 Å². The van der Waals surface area contributed by atoms with Gasteiger partial charge in [0.2, 0.25) is 5.91 Å². The summed E-state index contributed by atoms with van der Waals surface area (Å²) in [7, 11) is 0. The minimum Gasteiger partial charge on any atom is -0.458 e. The smallest absolute Gasteiger partial charge is 0.329 e. The summed E-state index contributed by atoms with van der Waals surface area (Å²) in [6, 6.07) is -0.400. The van der Waals surface area contributed by atoms with Gasteiger partial charge in [-0.05, 0) is 39.5 Å². The van der Waals surface area contributed by atoms with Crippen molar-refractivity contribution in [3.8, 4) is 0 Å². The number of carbonyl (C=O) groups is 2. The molecule has 0 aromatic rings. The first-order chi connectivity index (χ1) is 7.70. The fourth-order valence-corrected chi connectivity index (χ4v) is 2.12. The van der Waals surface area contributed by atoms with Crippen LogP contribution in [-0.2, 0) is 14.3 Å². The predicted molar refractivity (Wildman–Crippen MR) is 65.4 cm³/mol. The quantitative estimate of drug-likeness (QED) is 0.659. The number of amides is 1. The van der Waals surface area contributed by atoms with Gasteiger partial charge in [0.1, 0.15) is 11.6 Å². The zero-order chi connectivity index (χ0) is 13.2. The Morgan fingerprint density at radius 2 is 1.82 bits per heavy atom. The van der Waals surface area contributed by atoms with E-state index in [9.17, 15) is 9.59 Å². The zero-order valence-corrected chi connectivity index (χ0v) is 11.4. The van der Waals surface area contributed by atoms with E-state index in [2.05, 4.69) is 6.92 Å². The summed E-state index contributed by atoms with van der Waals surface area (Å²) in [5, 5.41) is 0. The van der Waals surface area contributed by atoms with Crippen LogP contribution in [0.25, 0.3) is 0 Å². The van der Waals surface area contributed by atoms with E-state index in [-0.39, 0.29) is 11.9 Å². The monoisotopic (exact) mass is 241 g/mol. The Kier molecular flexibility index (Phi) is 4.17. The average molecular weight is 241 g/mol. The molecule has 1 heterocycles. The van der Waals surface area contributed by atoms with Crippen molar-refractivity contribution < 1.29 is 14.3 Å². The Labute approximate surface area is 103 Å². The van der Waals surface area contributed by atoms with Gasteiger partial charge in [-0.25, -0.2) is 4.79 Å². The van der Waals surface area contributed by atoms with Crippen LogP contribution in [0.2, 0.25) is 0 Å². The molecule has 1 saturated heterocycles. The summed E-state index contributed by atoms with van der Waals surface area (Å²) in [4.78, 5) is 25.2. The van der Waals surface area contributed by atoms with Gasteiger partial charge in [-0.1, -0.05) is 6.92 Å². The highest BCUT2D eigenvalue weighted by Gasteiger charge is 2.35. The third kappa shape index (κ3) is 4.02. The van der Waals surface area contributed by atoms with E-state index in [0.717, 1.165) is 6.42 Å². The molecule has 98 valence electrons. The van der Waals surface area contributed by atoms with Gasteiger partial charge >= 0.3 is 5.97 Å².